The molecule has 0 saturated heterocycles. The fourth-order valence-corrected chi connectivity index (χ4v) is 3.58. The number of ether oxygens (including phenoxy) is 1. The zero-order valence-electron chi connectivity index (χ0n) is 15.9. The first-order valence-electron chi connectivity index (χ1n) is 9.01. The number of methoxy groups -OCH3 is 1. The molecule has 0 unspecified atom stereocenters. The van der Waals surface area contributed by atoms with Crippen molar-refractivity contribution < 1.29 is 13.9 Å². The van der Waals surface area contributed by atoms with E-state index in [0.29, 0.717) is 39.2 Å². The highest BCUT2D eigenvalue weighted by Crippen LogP contribution is 2.31. The van der Waals surface area contributed by atoms with Crippen molar-refractivity contribution in [3.63, 3.8) is 0 Å². The maximum Gasteiger partial charge on any atom is 0.256 e. The predicted octanol–water partition coefficient (Wildman–Crippen LogP) is 6.69. The Morgan fingerprint density at radius 3 is 2.73 bits per heavy atom. The second-order valence-corrected chi connectivity index (χ2v) is 7.74. The summed E-state index contributed by atoms with van der Waals surface area (Å²) in [7, 11) is 1.53. The molecule has 1 amide bonds. The second kappa shape index (κ2) is 8.73. The lowest BCUT2D eigenvalue weighted by Crippen LogP contribution is -2.14. The van der Waals surface area contributed by atoms with Gasteiger partial charge in [-0.25, -0.2) is 4.98 Å². The number of carbonyl (C=O) groups excluding carboxylic acids is 1. The Morgan fingerprint density at radius 1 is 1.10 bits per heavy atom. The Bertz CT molecular complexity index is 1220. The fourth-order valence-electron chi connectivity index (χ4n) is 3.01. The van der Waals surface area contributed by atoms with E-state index in [1.54, 1.807) is 42.6 Å². The first kappa shape index (κ1) is 20.2. The van der Waals surface area contributed by atoms with Gasteiger partial charge in [0, 0.05) is 20.6 Å². The van der Waals surface area contributed by atoms with Crippen molar-refractivity contribution in [1.82, 2.24) is 4.98 Å². The topological polar surface area (TPSA) is 64.4 Å². The predicted molar refractivity (Wildman–Crippen MR) is 121 cm³/mol. The Balaban J connectivity index is 1.67. The summed E-state index contributed by atoms with van der Waals surface area (Å²) in [6.45, 7) is 0. The second-order valence-electron chi connectivity index (χ2n) is 6.38. The van der Waals surface area contributed by atoms with Gasteiger partial charge in [0.15, 0.2) is 5.76 Å². The molecule has 4 rings (SSSR count). The molecule has 0 aliphatic rings. The lowest BCUT2D eigenvalue weighted by atomic mass is 10.1. The quantitative estimate of drug-likeness (QED) is 0.344. The lowest BCUT2D eigenvalue weighted by molar-refractivity contribution is 0.102. The Kier molecular flexibility index (Phi) is 5.88. The van der Waals surface area contributed by atoms with Crippen LogP contribution in [-0.2, 0) is 0 Å². The van der Waals surface area contributed by atoms with Crippen molar-refractivity contribution in [2.75, 3.05) is 12.4 Å². The molecule has 0 aliphatic carbocycles. The van der Waals surface area contributed by atoms with Gasteiger partial charge in [0.1, 0.15) is 5.75 Å². The van der Waals surface area contributed by atoms with Crippen LogP contribution in [0.4, 0.5) is 5.69 Å². The number of hydrogen-bond donors (Lipinski definition) is 1. The van der Waals surface area contributed by atoms with Crippen LogP contribution in [0, 0.1) is 0 Å². The highest BCUT2D eigenvalue weighted by atomic mass is 79.9. The summed E-state index contributed by atoms with van der Waals surface area (Å²) < 4.78 is 12.2. The molecule has 5 nitrogen and oxygen atoms in total. The number of nitrogens with zero attached hydrogens (tertiary/aromatic N) is 1. The smallest absolute Gasteiger partial charge is 0.256 e. The van der Waals surface area contributed by atoms with E-state index in [0.717, 1.165) is 10.0 Å². The van der Waals surface area contributed by atoms with Crippen LogP contribution in [0.1, 0.15) is 10.4 Å². The largest absolute Gasteiger partial charge is 0.495 e. The van der Waals surface area contributed by atoms with Crippen LogP contribution < -0.4 is 10.1 Å². The number of aromatic nitrogens is 1. The molecule has 150 valence electrons. The molecule has 0 saturated carbocycles. The van der Waals surface area contributed by atoms with Gasteiger partial charge in [-0.2, -0.15) is 0 Å². The van der Waals surface area contributed by atoms with Crippen LogP contribution >= 0.6 is 27.5 Å². The van der Waals surface area contributed by atoms with Crippen molar-refractivity contribution in [2.45, 2.75) is 0 Å². The molecule has 0 radical (unpaired) electrons. The summed E-state index contributed by atoms with van der Waals surface area (Å²) in [5, 5.41) is 3.34. The van der Waals surface area contributed by atoms with Gasteiger partial charge in [0.2, 0.25) is 5.89 Å². The van der Waals surface area contributed by atoms with Crippen molar-refractivity contribution >= 4 is 39.1 Å². The van der Waals surface area contributed by atoms with E-state index in [4.69, 9.17) is 20.8 Å². The van der Waals surface area contributed by atoms with Crippen molar-refractivity contribution in [3.8, 4) is 28.5 Å². The molecule has 0 atom stereocenters. The zero-order valence-corrected chi connectivity index (χ0v) is 18.2. The van der Waals surface area contributed by atoms with Crippen LogP contribution in [0.15, 0.2) is 81.8 Å². The number of halogens is 2. The molecule has 1 N–H and O–H groups in total. The third-order valence-corrected chi connectivity index (χ3v) is 5.15. The Hall–Kier alpha value is -3.09. The number of rotatable bonds is 5. The number of carbonyl (C=O) groups is 1. The number of benzene rings is 3. The average molecular weight is 484 g/mol. The molecule has 1 heterocycles. The Labute approximate surface area is 186 Å². The fraction of sp³-hybridized carbons (Fsp3) is 0.0435. The first-order chi connectivity index (χ1) is 14.5. The Morgan fingerprint density at radius 2 is 1.93 bits per heavy atom. The maximum absolute atomic E-state index is 13.0. The molecule has 1 aromatic heterocycles. The molecular weight excluding hydrogens is 468 g/mol. The van der Waals surface area contributed by atoms with Gasteiger partial charge in [-0.05, 0) is 42.5 Å². The normalized spacial score (nSPS) is 10.6. The number of oxazole rings is 1. The summed E-state index contributed by atoms with van der Waals surface area (Å²) in [4.78, 5) is 17.4. The number of nitrogens with one attached hydrogen (secondary N) is 1. The van der Waals surface area contributed by atoms with E-state index in [9.17, 15) is 4.79 Å². The third kappa shape index (κ3) is 4.25. The lowest BCUT2D eigenvalue weighted by Gasteiger charge is -2.12. The van der Waals surface area contributed by atoms with Crippen LogP contribution in [-0.4, -0.2) is 18.0 Å². The summed E-state index contributed by atoms with van der Waals surface area (Å²) in [6, 6.07) is 19.9. The molecule has 0 fully saturated rings. The molecular formula is C23H16BrClN2O3. The molecule has 4 aromatic rings. The number of hydrogen-bond acceptors (Lipinski definition) is 4. The van der Waals surface area contributed by atoms with Crippen molar-refractivity contribution in [1.29, 1.82) is 0 Å². The summed E-state index contributed by atoms with van der Waals surface area (Å²) in [5.41, 5.74) is 2.36. The minimum Gasteiger partial charge on any atom is -0.495 e. The van der Waals surface area contributed by atoms with E-state index in [1.807, 2.05) is 30.3 Å². The van der Waals surface area contributed by atoms with E-state index >= 15 is 0 Å². The molecule has 7 heteroatoms. The van der Waals surface area contributed by atoms with E-state index < -0.39 is 0 Å². The molecule has 3 aromatic carbocycles. The highest BCUT2D eigenvalue weighted by molar-refractivity contribution is 9.10. The van der Waals surface area contributed by atoms with Gasteiger partial charge in [0.05, 0.1) is 24.6 Å². The summed E-state index contributed by atoms with van der Waals surface area (Å²) >= 11 is 9.52. The summed E-state index contributed by atoms with van der Waals surface area (Å²) in [6.07, 6.45) is 1.64. The van der Waals surface area contributed by atoms with Crippen LogP contribution in [0.3, 0.4) is 0 Å². The van der Waals surface area contributed by atoms with Gasteiger partial charge < -0.3 is 14.5 Å². The van der Waals surface area contributed by atoms with E-state index in [2.05, 4.69) is 26.2 Å². The average Bonchev–Trinajstić information content (AvgIpc) is 3.24. The number of anilines is 1. The van der Waals surface area contributed by atoms with Gasteiger partial charge in [0.25, 0.3) is 5.91 Å². The first-order valence-corrected chi connectivity index (χ1v) is 10.2. The van der Waals surface area contributed by atoms with Gasteiger partial charge in [-0.15, -0.1) is 0 Å². The molecule has 0 bridgehead atoms. The minimum absolute atomic E-state index is 0.326. The van der Waals surface area contributed by atoms with Crippen LogP contribution in [0.25, 0.3) is 22.8 Å². The van der Waals surface area contributed by atoms with Crippen LogP contribution in [0.2, 0.25) is 5.02 Å². The van der Waals surface area contributed by atoms with Crippen molar-refractivity contribution in [2.24, 2.45) is 0 Å². The molecule has 0 spiro atoms. The van der Waals surface area contributed by atoms with Crippen LogP contribution in [0.5, 0.6) is 5.75 Å². The molecule has 0 aliphatic heterocycles. The van der Waals surface area contributed by atoms with E-state index in [1.165, 1.54) is 7.11 Å². The molecule has 30 heavy (non-hydrogen) atoms. The standard InChI is InChI=1S/C23H16BrClN2O3/c1-29-20-10-9-16(25)12-19(20)27-22(28)17-7-2-3-8-18(17)23-26-13-21(30-23)14-5-4-6-15(24)11-14/h2-13H,1H3,(H,27,28). The van der Waals surface area contributed by atoms with Crippen molar-refractivity contribution in [3.05, 3.63) is 88.0 Å². The number of amides is 1. The van der Waals surface area contributed by atoms with Gasteiger partial charge in [-0.3, -0.25) is 4.79 Å². The van der Waals surface area contributed by atoms with Gasteiger partial charge >= 0.3 is 0 Å². The zero-order chi connectivity index (χ0) is 21.1. The monoisotopic (exact) mass is 482 g/mol. The third-order valence-electron chi connectivity index (χ3n) is 4.43. The highest BCUT2D eigenvalue weighted by Gasteiger charge is 2.18. The SMILES string of the molecule is COc1ccc(Cl)cc1NC(=O)c1ccccc1-c1ncc(-c2cccc(Br)c2)o1. The van der Waals surface area contributed by atoms with E-state index in [-0.39, 0.29) is 5.91 Å². The van der Waals surface area contributed by atoms with Gasteiger partial charge in [-0.1, -0.05) is 51.8 Å². The maximum atomic E-state index is 13.0. The summed E-state index contributed by atoms with van der Waals surface area (Å²) in [5.74, 6) is 1.15. The minimum atomic E-state index is -0.326.